The van der Waals surface area contributed by atoms with E-state index in [0.29, 0.717) is 11.6 Å². The molecular formula is C20H19NO5. The van der Waals surface area contributed by atoms with Crippen LogP contribution in [0.3, 0.4) is 0 Å². The van der Waals surface area contributed by atoms with Gasteiger partial charge in [0.1, 0.15) is 17.9 Å². The lowest BCUT2D eigenvalue weighted by atomic mass is 10.2. The van der Waals surface area contributed by atoms with Crippen LogP contribution in [0.4, 0.5) is 0 Å². The Labute approximate surface area is 150 Å². The zero-order valence-electron chi connectivity index (χ0n) is 14.3. The molecular weight excluding hydrogens is 334 g/mol. The van der Waals surface area contributed by atoms with Crippen LogP contribution in [-0.4, -0.2) is 35.4 Å². The molecule has 0 amide bonds. The minimum Gasteiger partial charge on any atom is -0.490 e. The second-order valence-corrected chi connectivity index (χ2v) is 5.81. The first-order valence-corrected chi connectivity index (χ1v) is 8.13. The van der Waals surface area contributed by atoms with Crippen molar-refractivity contribution in [3.05, 3.63) is 60.7 Å². The van der Waals surface area contributed by atoms with E-state index in [0.717, 1.165) is 16.7 Å². The van der Waals surface area contributed by atoms with Gasteiger partial charge >= 0.3 is 5.97 Å². The van der Waals surface area contributed by atoms with E-state index in [1.54, 1.807) is 19.1 Å². The summed E-state index contributed by atoms with van der Waals surface area (Å²) >= 11 is 0. The molecule has 1 atom stereocenters. The maximum Gasteiger partial charge on any atom is 0.333 e. The molecule has 0 aliphatic carbocycles. The number of hydrogen-bond acceptors (Lipinski definition) is 6. The number of ether oxygens (including phenoxy) is 2. The molecule has 0 spiro atoms. The highest BCUT2D eigenvalue weighted by molar-refractivity contribution is 5.87. The lowest BCUT2D eigenvalue weighted by Crippen LogP contribution is -2.28. The highest BCUT2D eigenvalue weighted by atomic mass is 16.6. The van der Waals surface area contributed by atoms with Gasteiger partial charge in [-0.1, -0.05) is 18.7 Å². The third-order valence-corrected chi connectivity index (χ3v) is 3.66. The van der Waals surface area contributed by atoms with E-state index in [4.69, 9.17) is 13.9 Å². The molecule has 1 unspecified atom stereocenters. The minimum absolute atomic E-state index is 0.0394. The molecule has 2 aromatic carbocycles. The molecule has 1 heterocycles. The van der Waals surface area contributed by atoms with Crippen molar-refractivity contribution in [2.45, 2.75) is 13.0 Å². The quantitative estimate of drug-likeness (QED) is 0.518. The highest BCUT2D eigenvalue weighted by Gasteiger charge is 2.15. The summed E-state index contributed by atoms with van der Waals surface area (Å²) in [5.41, 5.74) is 2.62. The van der Waals surface area contributed by atoms with Gasteiger partial charge in [0.05, 0.1) is 6.61 Å². The summed E-state index contributed by atoms with van der Waals surface area (Å²) in [4.78, 5) is 15.9. The first-order valence-electron chi connectivity index (χ1n) is 8.13. The van der Waals surface area contributed by atoms with Crippen molar-refractivity contribution >= 4 is 17.1 Å². The van der Waals surface area contributed by atoms with E-state index in [-0.39, 0.29) is 18.8 Å². The van der Waals surface area contributed by atoms with Crippen LogP contribution in [0, 0.1) is 0 Å². The van der Waals surface area contributed by atoms with Crippen molar-refractivity contribution in [3.63, 3.8) is 0 Å². The standard InChI is InChI=1S/C20H19NO5/c1-13(2)20(23)25-16(11-22)12-24-15-9-7-14(8-10-15)19-21-17-5-3-4-6-18(17)26-19/h3-10,16,22H,1,11-12H2,2H3. The van der Waals surface area contributed by atoms with Gasteiger partial charge in [-0.15, -0.1) is 0 Å². The van der Waals surface area contributed by atoms with Crippen LogP contribution in [-0.2, 0) is 9.53 Å². The van der Waals surface area contributed by atoms with Crippen LogP contribution in [0.25, 0.3) is 22.6 Å². The second kappa shape index (κ2) is 7.84. The van der Waals surface area contributed by atoms with Gasteiger partial charge in [0.25, 0.3) is 0 Å². The molecule has 6 heteroatoms. The van der Waals surface area contributed by atoms with Crippen molar-refractivity contribution in [2.24, 2.45) is 0 Å². The first-order chi connectivity index (χ1) is 12.6. The van der Waals surface area contributed by atoms with Gasteiger partial charge in [-0.25, -0.2) is 9.78 Å². The highest BCUT2D eigenvalue weighted by Crippen LogP contribution is 2.25. The molecule has 1 aromatic heterocycles. The predicted molar refractivity (Wildman–Crippen MR) is 96.7 cm³/mol. The van der Waals surface area contributed by atoms with Crippen molar-refractivity contribution in [1.82, 2.24) is 4.98 Å². The van der Waals surface area contributed by atoms with Crippen molar-refractivity contribution < 1.29 is 23.8 Å². The number of rotatable bonds is 7. The number of nitrogens with zero attached hydrogens (tertiary/aromatic N) is 1. The number of aliphatic hydroxyl groups excluding tert-OH is 1. The van der Waals surface area contributed by atoms with E-state index >= 15 is 0 Å². The molecule has 0 fully saturated rings. The number of benzene rings is 2. The topological polar surface area (TPSA) is 81.8 Å². The summed E-state index contributed by atoms with van der Waals surface area (Å²) in [7, 11) is 0. The first kappa shape index (κ1) is 17.7. The number of oxazole rings is 1. The Kier molecular flexibility index (Phi) is 5.34. The molecule has 0 aliphatic heterocycles. The molecule has 0 aliphatic rings. The van der Waals surface area contributed by atoms with E-state index in [2.05, 4.69) is 11.6 Å². The van der Waals surface area contributed by atoms with Crippen molar-refractivity contribution in [2.75, 3.05) is 13.2 Å². The Bertz CT molecular complexity index is 880. The molecule has 6 nitrogen and oxygen atoms in total. The summed E-state index contributed by atoms with van der Waals surface area (Å²) in [5.74, 6) is 0.551. The van der Waals surface area contributed by atoms with Gasteiger partial charge in [-0.3, -0.25) is 0 Å². The van der Waals surface area contributed by atoms with Crippen LogP contribution < -0.4 is 4.74 Å². The largest absolute Gasteiger partial charge is 0.490 e. The van der Waals surface area contributed by atoms with Gasteiger partial charge in [0.15, 0.2) is 11.7 Å². The fourth-order valence-electron chi connectivity index (χ4n) is 2.25. The van der Waals surface area contributed by atoms with Gasteiger partial charge in [0, 0.05) is 11.1 Å². The molecule has 3 aromatic rings. The summed E-state index contributed by atoms with van der Waals surface area (Å²) in [6.45, 7) is 4.75. The molecule has 1 N–H and O–H groups in total. The SMILES string of the molecule is C=C(C)C(=O)OC(CO)COc1ccc(-c2nc3ccccc3o2)cc1. The van der Waals surface area contributed by atoms with E-state index in [1.165, 1.54) is 0 Å². The third-order valence-electron chi connectivity index (χ3n) is 3.66. The monoisotopic (exact) mass is 353 g/mol. The summed E-state index contributed by atoms with van der Waals surface area (Å²) in [6, 6.07) is 14.7. The van der Waals surface area contributed by atoms with Crippen LogP contribution in [0.1, 0.15) is 6.92 Å². The predicted octanol–water partition coefficient (Wildman–Crippen LogP) is 3.35. The number of aromatic nitrogens is 1. The van der Waals surface area contributed by atoms with Crippen LogP contribution >= 0.6 is 0 Å². The summed E-state index contributed by atoms with van der Waals surface area (Å²) in [5, 5.41) is 9.29. The number of aliphatic hydroxyl groups is 1. The lowest BCUT2D eigenvalue weighted by molar-refractivity contribution is -0.147. The molecule has 134 valence electrons. The maximum absolute atomic E-state index is 11.5. The average Bonchev–Trinajstić information content (AvgIpc) is 3.09. The van der Waals surface area contributed by atoms with Crippen LogP contribution in [0.2, 0.25) is 0 Å². The average molecular weight is 353 g/mol. The minimum atomic E-state index is -0.754. The Balaban J connectivity index is 1.64. The van der Waals surface area contributed by atoms with Gasteiger partial charge in [0.2, 0.25) is 5.89 Å². The van der Waals surface area contributed by atoms with Gasteiger partial charge in [-0.2, -0.15) is 0 Å². The Hall–Kier alpha value is -3.12. The Morgan fingerprint density at radius 2 is 1.96 bits per heavy atom. The van der Waals surface area contributed by atoms with Crippen molar-refractivity contribution in [3.8, 4) is 17.2 Å². The number of carbonyl (C=O) groups is 1. The Morgan fingerprint density at radius 3 is 2.62 bits per heavy atom. The van der Waals surface area contributed by atoms with E-state index < -0.39 is 12.1 Å². The molecule has 26 heavy (non-hydrogen) atoms. The number of fused-ring (bicyclic) bond motifs is 1. The molecule has 0 radical (unpaired) electrons. The van der Waals surface area contributed by atoms with Crippen molar-refractivity contribution in [1.29, 1.82) is 0 Å². The zero-order chi connectivity index (χ0) is 18.5. The van der Waals surface area contributed by atoms with Crippen LogP contribution in [0.5, 0.6) is 5.75 Å². The third kappa shape index (κ3) is 4.10. The Morgan fingerprint density at radius 1 is 1.23 bits per heavy atom. The lowest BCUT2D eigenvalue weighted by Gasteiger charge is -2.16. The van der Waals surface area contributed by atoms with Crippen LogP contribution in [0.15, 0.2) is 65.1 Å². The van der Waals surface area contributed by atoms with Gasteiger partial charge in [-0.05, 0) is 43.3 Å². The molecule has 3 rings (SSSR count). The fourth-order valence-corrected chi connectivity index (χ4v) is 2.25. The number of hydrogen-bond donors (Lipinski definition) is 1. The van der Waals surface area contributed by atoms with E-state index in [1.807, 2.05) is 36.4 Å². The molecule has 0 saturated heterocycles. The number of para-hydroxylation sites is 2. The maximum atomic E-state index is 11.5. The number of esters is 1. The van der Waals surface area contributed by atoms with E-state index in [9.17, 15) is 9.90 Å². The summed E-state index contributed by atoms with van der Waals surface area (Å²) in [6.07, 6.45) is -0.754. The second-order valence-electron chi connectivity index (χ2n) is 5.81. The normalized spacial score (nSPS) is 11.9. The smallest absolute Gasteiger partial charge is 0.333 e. The molecule has 0 bridgehead atoms. The summed E-state index contributed by atoms with van der Waals surface area (Å²) < 4.78 is 16.4. The fraction of sp³-hybridized carbons (Fsp3) is 0.200. The van der Waals surface area contributed by atoms with Gasteiger partial charge < -0.3 is 19.0 Å². The molecule has 0 saturated carbocycles. The zero-order valence-corrected chi connectivity index (χ0v) is 14.3. The number of carbonyl (C=O) groups excluding carboxylic acids is 1.